The first-order valence-corrected chi connectivity index (χ1v) is 8.89. The van der Waals surface area contributed by atoms with Crippen molar-refractivity contribution in [2.75, 3.05) is 18.4 Å². The summed E-state index contributed by atoms with van der Waals surface area (Å²) in [6.45, 7) is 4.75. The fraction of sp³-hybridized carbons (Fsp3) is 0.471. The third kappa shape index (κ3) is 2.71. The third-order valence-electron chi connectivity index (χ3n) is 5.13. The molecule has 3 aliphatic heterocycles. The lowest BCUT2D eigenvalue weighted by Gasteiger charge is -2.49. The molecule has 2 aromatic rings. The van der Waals surface area contributed by atoms with Crippen molar-refractivity contribution in [2.24, 2.45) is 5.92 Å². The molecule has 0 radical (unpaired) electrons. The summed E-state index contributed by atoms with van der Waals surface area (Å²) in [5.41, 5.74) is 0.962. The first kappa shape index (κ1) is 14.6. The molecular formula is C17H19N5S. The molecule has 5 nitrogen and oxygen atoms in total. The molecule has 3 saturated heterocycles. The number of rotatable bonds is 3. The van der Waals surface area contributed by atoms with Crippen LogP contribution in [0.3, 0.4) is 0 Å². The van der Waals surface area contributed by atoms with Gasteiger partial charge in [-0.25, -0.2) is 9.97 Å². The van der Waals surface area contributed by atoms with Gasteiger partial charge in [-0.15, -0.1) is 11.3 Å². The van der Waals surface area contributed by atoms with Gasteiger partial charge in [-0.1, -0.05) is 0 Å². The first-order chi connectivity index (χ1) is 11.2. The molecule has 0 saturated carbocycles. The average Bonchev–Trinajstić information content (AvgIpc) is 3.08. The van der Waals surface area contributed by atoms with Crippen molar-refractivity contribution in [1.82, 2.24) is 14.9 Å². The van der Waals surface area contributed by atoms with Crippen LogP contribution in [0.5, 0.6) is 0 Å². The Balaban J connectivity index is 1.49. The smallest absolute Gasteiger partial charge is 0.222 e. The van der Waals surface area contributed by atoms with Crippen LogP contribution in [0, 0.1) is 17.2 Å². The molecule has 1 N–H and O–H groups in total. The van der Waals surface area contributed by atoms with Crippen molar-refractivity contribution in [1.29, 1.82) is 5.26 Å². The second-order valence-electron chi connectivity index (χ2n) is 6.36. The highest BCUT2D eigenvalue weighted by Gasteiger charge is 2.39. The Labute approximate surface area is 140 Å². The van der Waals surface area contributed by atoms with Crippen LogP contribution < -0.4 is 5.32 Å². The van der Waals surface area contributed by atoms with E-state index in [2.05, 4.69) is 33.2 Å². The topological polar surface area (TPSA) is 64.8 Å². The van der Waals surface area contributed by atoms with E-state index >= 15 is 0 Å². The number of nitrogens with zero attached hydrogens (tertiary/aromatic N) is 4. The van der Waals surface area contributed by atoms with E-state index in [4.69, 9.17) is 5.26 Å². The van der Waals surface area contributed by atoms with Gasteiger partial charge in [0.2, 0.25) is 5.95 Å². The van der Waals surface area contributed by atoms with Crippen molar-refractivity contribution >= 4 is 17.3 Å². The minimum Gasteiger partial charge on any atom is -0.350 e. The van der Waals surface area contributed by atoms with Crippen LogP contribution in [0.4, 0.5) is 5.95 Å². The lowest BCUT2D eigenvalue weighted by atomic mass is 9.79. The van der Waals surface area contributed by atoms with E-state index < -0.39 is 0 Å². The molecule has 3 aliphatic rings. The van der Waals surface area contributed by atoms with Crippen LogP contribution in [0.1, 0.15) is 24.6 Å². The van der Waals surface area contributed by atoms with Gasteiger partial charge in [0.1, 0.15) is 10.9 Å². The molecule has 23 heavy (non-hydrogen) atoms. The molecule has 6 heteroatoms. The highest BCUT2D eigenvalue weighted by atomic mass is 32.1. The number of nitriles is 1. The summed E-state index contributed by atoms with van der Waals surface area (Å²) in [4.78, 5) is 13.3. The molecule has 3 fully saturated rings. The largest absolute Gasteiger partial charge is 0.350 e. The number of piperidine rings is 3. The summed E-state index contributed by atoms with van der Waals surface area (Å²) < 4.78 is 0. The van der Waals surface area contributed by atoms with Gasteiger partial charge in [0.15, 0.2) is 0 Å². The Hall–Kier alpha value is -1.97. The first-order valence-electron chi connectivity index (χ1n) is 8.07. The van der Waals surface area contributed by atoms with Gasteiger partial charge in [0, 0.05) is 34.9 Å². The van der Waals surface area contributed by atoms with Gasteiger partial charge in [0.05, 0.1) is 0 Å². The minimum absolute atomic E-state index is 0.440. The number of thiophene rings is 1. The Morgan fingerprint density at radius 2 is 2.00 bits per heavy atom. The van der Waals surface area contributed by atoms with E-state index in [9.17, 15) is 0 Å². The molecule has 0 amide bonds. The Morgan fingerprint density at radius 3 is 2.61 bits per heavy atom. The number of nitrogens with one attached hydrogen (secondary N) is 1. The Morgan fingerprint density at radius 1 is 1.26 bits per heavy atom. The molecule has 2 unspecified atom stereocenters. The molecule has 2 bridgehead atoms. The lowest BCUT2D eigenvalue weighted by molar-refractivity contribution is 0.0455. The second-order valence-corrected chi connectivity index (χ2v) is 7.44. The van der Waals surface area contributed by atoms with Crippen molar-refractivity contribution in [3.63, 3.8) is 0 Å². The van der Waals surface area contributed by atoms with E-state index in [1.807, 2.05) is 24.5 Å². The van der Waals surface area contributed by atoms with Crippen LogP contribution >= 0.6 is 11.3 Å². The maximum Gasteiger partial charge on any atom is 0.222 e. The molecule has 5 heterocycles. The number of aromatic nitrogens is 2. The van der Waals surface area contributed by atoms with Gasteiger partial charge < -0.3 is 5.32 Å². The molecule has 0 spiro atoms. The zero-order valence-electron chi connectivity index (χ0n) is 13.1. The van der Waals surface area contributed by atoms with Gasteiger partial charge in [-0.3, -0.25) is 4.90 Å². The molecule has 2 atom stereocenters. The van der Waals surface area contributed by atoms with Gasteiger partial charge >= 0.3 is 0 Å². The number of hydrogen-bond donors (Lipinski definition) is 1. The fourth-order valence-electron chi connectivity index (χ4n) is 3.78. The maximum absolute atomic E-state index is 8.92. The fourth-order valence-corrected chi connectivity index (χ4v) is 4.56. The average molecular weight is 325 g/mol. The van der Waals surface area contributed by atoms with Crippen LogP contribution in [-0.2, 0) is 0 Å². The van der Waals surface area contributed by atoms with Gasteiger partial charge in [-0.2, -0.15) is 5.26 Å². The summed E-state index contributed by atoms with van der Waals surface area (Å²) in [5.74, 6) is 1.44. The van der Waals surface area contributed by atoms with Crippen LogP contribution in [0.25, 0.3) is 10.4 Å². The molecule has 0 aromatic carbocycles. The number of fused-ring (bicyclic) bond motifs is 3. The Bertz CT molecular complexity index is 722. The standard InChI is InChI=1S/C17H19N5S/c1-11-16(12-4-6-22(11)7-5-12)21-17-19-9-13(10-20-17)15-3-2-14(8-18)23-15/h2-3,9-12,16H,4-7H2,1H3,(H,19,20,21). The van der Waals surface area contributed by atoms with Gasteiger partial charge in [-0.05, 0) is 50.9 Å². The normalized spacial score (nSPS) is 29.2. The second kappa shape index (κ2) is 5.91. The van der Waals surface area contributed by atoms with Crippen LogP contribution in [0.2, 0.25) is 0 Å². The van der Waals surface area contributed by atoms with E-state index in [0.717, 1.165) is 16.4 Å². The summed E-state index contributed by atoms with van der Waals surface area (Å²) in [5, 5.41) is 12.5. The number of anilines is 1. The van der Waals surface area contributed by atoms with E-state index in [0.29, 0.717) is 22.9 Å². The highest BCUT2D eigenvalue weighted by Crippen LogP contribution is 2.33. The molecule has 0 aliphatic carbocycles. The molecule has 118 valence electrons. The summed E-state index contributed by atoms with van der Waals surface area (Å²) in [6, 6.07) is 6.93. The number of hydrogen-bond acceptors (Lipinski definition) is 6. The zero-order chi connectivity index (χ0) is 15.8. The summed E-state index contributed by atoms with van der Waals surface area (Å²) >= 11 is 1.47. The van der Waals surface area contributed by atoms with E-state index in [-0.39, 0.29) is 0 Å². The SMILES string of the molecule is CC1C(Nc2ncc(-c3ccc(C#N)s3)cn2)C2CCN1CC2. The summed E-state index contributed by atoms with van der Waals surface area (Å²) in [6.07, 6.45) is 6.22. The molecule has 2 aromatic heterocycles. The van der Waals surface area contributed by atoms with Crippen molar-refractivity contribution < 1.29 is 0 Å². The predicted octanol–water partition coefficient (Wildman–Crippen LogP) is 2.97. The van der Waals surface area contributed by atoms with Crippen molar-refractivity contribution in [2.45, 2.75) is 31.8 Å². The Kier molecular flexibility index (Phi) is 3.76. The monoisotopic (exact) mass is 325 g/mol. The quantitative estimate of drug-likeness (QED) is 0.940. The van der Waals surface area contributed by atoms with Crippen molar-refractivity contribution in [3.8, 4) is 16.5 Å². The third-order valence-corrected chi connectivity index (χ3v) is 6.17. The lowest BCUT2D eigenvalue weighted by Crippen LogP contribution is -2.59. The minimum atomic E-state index is 0.440. The van der Waals surface area contributed by atoms with E-state index in [1.165, 1.54) is 37.3 Å². The van der Waals surface area contributed by atoms with Crippen LogP contribution in [-0.4, -0.2) is 40.0 Å². The van der Waals surface area contributed by atoms with Gasteiger partial charge in [0.25, 0.3) is 0 Å². The maximum atomic E-state index is 8.92. The zero-order valence-corrected chi connectivity index (χ0v) is 13.9. The van der Waals surface area contributed by atoms with Crippen molar-refractivity contribution in [3.05, 3.63) is 29.4 Å². The van der Waals surface area contributed by atoms with Crippen LogP contribution in [0.15, 0.2) is 24.5 Å². The summed E-state index contributed by atoms with van der Waals surface area (Å²) in [7, 11) is 0. The highest BCUT2D eigenvalue weighted by molar-refractivity contribution is 7.16. The van der Waals surface area contributed by atoms with E-state index in [1.54, 1.807) is 0 Å². The molecule has 5 rings (SSSR count). The predicted molar refractivity (Wildman–Crippen MR) is 91.2 cm³/mol. The molecular weight excluding hydrogens is 306 g/mol.